The van der Waals surface area contributed by atoms with Crippen molar-refractivity contribution in [1.29, 1.82) is 0 Å². The number of carboxylic acid groups (broad SMARTS) is 7. The van der Waals surface area contributed by atoms with Gasteiger partial charge in [-0.05, 0) is 32.1 Å². The van der Waals surface area contributed by atoms with E-state index in [0.717, 1.165) is 0 Å². The van der Waals surface area contributed by atoms with Crippen molar-refractivity contribution in [3.05, 3.63) is 12.3 Å². The molecule has 2 fully saturated rings. The van der Waals surface area contributed by atoms with Crippen molar-refractivity contribution in [3.63, 3.8) is 0 Å². The summed E-state index contributed by atoms with van der Waals surface area (Å²) >= 11 is 0. The third kappa shape index (κ3) is 30.9. The molecule has 402 valence electrons. The smallest absolute Gasteiger partial charge is 0.875 e. The quantitative estimate of drug-likeness (QED) is 0.0203. The number of hydrogen-bond donors (Lipinski definition) is 6. The first kappa shape index (κ1) is 72.8. The summed E-state index contributed by atoms with van der Waals surface area (Å²) in [6.45, 7) is 1.90. The van der Waals surface area contributed by atoms with E-state index in [4.69, 9.17) is 5.73 Å². The minimum atomic E-state index is -1.46. The number of carbonyl (C=O) groups is 9. The summed E-state index contributed by atoms with van der Waals surface area (Å²) in [5.74, 6) is -10.2. The Bertz CT molecular complexity index is 1610. The van der Waals surface area contributed by atoms with Crippen LogP contribution in [0.3, 0.4) is 0 Å². The second-order valence-electron chi connectivity index (χ2n) is 15.9. The van der Waals surface area contributed by atoms with E-state index >= 15 is 0 Å². The topological polar surface area (TPSA) is 464 Å². The van der Waals surface area contributed by atoms with Crippen LogP contribution in [0.5, 0.6) is 0 Å². The van der Waals surface area contributed by atoms with Gasteiger partial charge in [0.15, 0.2) is 0 Å². The van der Waals surface area contributed by atoms with Gasteiger partial charge in [0.1, 0.15) is 6.04 Å². The average Bonchev–Trinajstić information content (AvgIpc) is 3.22. The summed E-state index contributed by atoms with van der Waals surface area (Å²) < 4.78 is 0. The fourth-order valence-corrected chi connectivity index (χ4v) is 8.00. The van der Waals surface area contributed by atoms with Crippen molar-refractivity contribution >= 4 is 53.6 Å². The zero-order chi connectivity index (χ0) is 49.9. The van der Waals surface area contributed by atoms with Gasteiger partial charge in [-0.25, -0.2) is 0 Å². The summed E-state index contributed by atoms with van der Waals surface area (Å²) in [5, 5.41) is 90.6. The van der Waals surface area contributed by atoms with Gasteiger partial charge in [-0.15, -0.1) is 12.3 Å². The summed E-state index contributed by atoms with van der Waals surface area (Å²) in [4.78, 5) is 111. The molecule has 1 aliphatic heterocycles. The number of nitrogens with one attached hydrogen (secondary N) is 2. The average molecular weight is 1190 g/mol. The molecule has 30 heteroatoms. The second kappa shape index (κ2) is 39.8. The van der Waals surface area contributed by atoms with Gasteiger partial charge < -0.3 is 87.3 Å². The molecule has 1 saturated heterocycles. The molecule has 1 heterocycles. The number of nitrogens with zero attached hydrogens (tertiary/aromatic N) is 6. The van der Waals surface area contributed by atoms with Crippen LogP contribution in [0.15, 0.2) is 12.3 Å². The van der Waals surface area contributed by atoms with Crippen LogP contribution in [0, 0.1) is 39.9 Å². The number of rotatable bonds is 26. The number of aliphatic carboxylic acids is 7. The van der Waals surface area contributed by atoms with Crippen molar-refractivity contribution in [3.8, 4) is 0 Å². The van der Waals surface area contributed by atoms with Crippen LogP contribution in [-0.4, -0.2) is 240 Å². The van der Waals surface area contributed by atoms with Crippen molar-refractivity contribution in [2.45, 2.75) is 75.5 Å². The molecule has 0 bridgehead atoms. The molecule has 1 saturated carbocycles. The molecule has 2 amide bonds. The molecule has 2 rings (SSSR count). The summed E-state index contributed by atoms with van der Waals surface area (Å²) in [5.41, 5.74) is 5.23. The Kier molecular flexibility index (Phi) is 41.4. The molecule has 1 aliphatic carbocycles. The van der Waals surface area contributed by atoms with Gasteiger partial charge in [-0.2, -0.15) is 0 Å². The summed E-state index contributed by atoms with van der Waals surface area (Å²) in [6, 6.07) is -3.18. The van der Waals surface area contributed by atoms with Crippen LogP contribution >= 0.6 is 0 Å². The van der Waals surface area contributed by atoms with E-state index in [0.29, 0.717) is 32.1 Å². The Labute approximate surface area is 448 Å². The Hall–Kier alpha value is -3.75. The zero-order valence-electron chi connectivity index (χ0n) is 39.1. The largest absolute Gasteiger partial charge is 3.00 e. The molecule has 0 aromatic rings. The van der Waals surface area contributed by atoms with Crippen molar-refractivity contribution in [1.82, 2.24) is 40.0 Å². The predicted molar refractivity (Wildman–Crippen MR) is 228 cm³/mol. The predicted octanol–water partition coefficient (Wildman–Crippen LogP) is -11.4. The molecule has 2 aliphatic rings. The SMILES string of the molecule is C=C([O-])[C@H](CCCNC(=O)CN)N(CC(=O)[O-])C1CCCCC1N(CC(=O)[O-])CC(=O)O.CNC(=O)CC[C@H](C(=O)O)N1CCN(CC(=O)[O-])CCN(CC(=O)[O-])CCN(CC(=O)O)CC1.O.[Gd+3].[Mn+2].[OH3+]. The molecule has 70 heavy (non-hydrogen) atoms. The Morgan fingerprint density at radius 2 is 1.16 bits per heavy atom. The molecule has 28 nitrogen and oxygen atoms in total. The number of hydrogen-bond acceptors (Lipinski definition) is 21. The maximum Gasteiger partial charge on any atom is 3.00 e. The van der Waals surface area contributed by atoms with Crippen LogP contribution in [0.25, 0.3) is 0 Å². The van der Waals surface area contributed by atoms with E-state index in [1.54, 1.807) is 9.80 Å². The van der Waals surface area contributed by atoms with Crippen molar-refractivity contribution < 1.29 is 152 Å². The van der Waals surface area contributed by atoms with Gasteiger partial charge in [0.25, 0.3) is 0 Å². The minimum Gasteiger partial charge on any atom is -0.875 e. The number of amides is 2. The van der Waals surface area contributed by atoms with Gasteiger partial charge in [0.05, 0.1) is 43.5 Å². The van der Waals surface area contributed by atoms with E-state index in [-0.39, 0.29) is 171 Å². The first-order valence-electron chi connectivity index (χ1n) is 21.5. The third-order valence-electron chi connectivity index (χ3n) is 11.1. The van der Waals surface area contributed by atoms with Gasteiger partial charge in [-0.3, -0.25) is 53.4 Å². The summed E-state index contributed by atoms with van der Waals surface area (Å²) in [6.07, 6.45) is 2.78. The van der Waals surface area contributed by atoms with Gasteiger partial charge in [0, 0.05) is 117 Å². The van der Waals surface area contributed by atoms with Gasteiger partial charge in [-0.1, -0.05) is 12.8 Å². The van der Waals surface area contributed by atoms with E-state index in [9.17, 15) is 84.0 Å². The van der Waals surface area contributed by atoms with Gasteiger partial charge in [0.2, 0.25) is 11.8 Å². The second-order valence-corrected chi connectivity index (χ2v) is 15.9. The molecule has 0 aromatic heterocycles. The molecule has 2 unspecified atom stereocenters. The van der Waals surface area contributed by atoms with E-state index in [2.05, 4.69) is 17.2 Å². The Morgan fingerprint density at radius 1 is 0.686 bits per heavy atom. The van der Waals surface area contributed by atoms with E-state index < -0.39 is 104 Å². The molecule has 2 radical (unpaired) electrons. The summed E-state index contributed by atoms with van der Waals surface area (Å²) in [7, 11) is 1.44. The molecule has 0 aromatic carbocycles. The van der Waals surface area contributed by atoms with E-state index in [1.807, 2.05) is 0 Å². The van der Waals surface area contributed by atoms with Crippen LogP contribution in [0.4, 0.5) is 0 Å². The fourth-order valence-electron chi connectivity index (χ4n) is 8.00. The monoisotopic (exact) mass is 1190 g/mol. The first-order chi connectivity index (χ1) is 31.1. The van der Waals surface area contributed by atoms with Crippen molar-refractivity contribution in [2.75, 3.05) is 112 Å². The standard InChI is InChI=1S/C20H35N5O9.C20H34N4O8.Gd.Mn.2H2O/c1-21-16(26)3-2-15(20(33)34)25-10-8-23(13-18(29)30)6-4-22(12-17(27)28)5-7-24(9-11-25)14-19(31)32;1-13(25)14(7-4-8-22-17(26)9-21)24(12-20(31)32)16-6-3-2-5-15(16)23(10-18(27)28)11-19(29)30;;;;/h15H,2-14H2,1H3,(H,21,26)(H,27,28)(H,29,30)(H,31,32)(H,33,34);14-16,25H,1-12,21H2,(H,22,26)(H,27,28)(H,29,30)(H,31,32);;;2*1H2/q;;+3;+2;;/p-4/t15-;14-,15?,16?;;;;/m10..../s1. The van der Waals surface area contributed by atoms with Crippen LogP contribution in [0.2, 0.25) is 0 Å². The number of carboxylic acids is 7. The first-order valence-corrected chi connectivity index (χ1v) is 21.5. The van der Waals surface area contributed by atoms with Gasteiger partial charge >= 0.3 is 74.9 Å². The Morgan fingerprint density at radius 3 is 1.56 bits per heavy atom. The molecule has 0 spiro atoms. The maximum absolute atomic E-state index is 12.3. The van der Waals surface area contributed by atoms with Crippen LogP contribution in [0.1, 0.15) is 51.4 Å². The van der Waals surface area contributed by atoms with Crippen molar-refractivity contribution in [2.24, 2.45) is 5.73 Å². The molecule has 12 N–H and O–H groups in total. The molecule has 4 atom stereocenters. The Balaban J connectivity index is -0.000000590. The fraction of sp³-hybridized carbons (Fsp3) is 0.725. The normalized spacial score (nSPS) is 18.1. The van der Waals surface area contributed by atoms with E-state index in [1.165, 1.54) is 26.6 Å². The zero-order valence-corrected chi connectivity index (χ0v) is 42.6. The molecular formula is C40H69GdMnN9O19+. The maximum atomic E-state index is 12.3. The molecular weight excluding hydrogens is 1120 g/mol. The number of carbonyl (C=O) groups excluding carboxylic acids is 6. The minimum absolute atomic E-state index is 0. The third-order valence-corrected chi connectivity index (χ3v) is 11.1. The van der Waals surface area contributed by atoms with Crippen LogP contribution < -0.4 is 41.9 Å². The van der Waals surface area contributed by atoms with Crippen LogP contribution in [-0.2, 0) is 65.7 Å². The number of nitrogens with two attached hydrogens (primary N) is 1.